The molecular formula is C17H24N2O. The molecule has 1 aromatic rings. The number of nitrogens with one attached hydrogen (secondary N) is 1. The Labute approximate surface area is 121 Å². The van der Waals surface area contributed by atoms with Gasteiger partial charge in [0.05, 0.1) is 18.4 Å². The molecule has 0 bridgehead atoms. The number of benzene rings is 1. The van der Waals surface area contributed by atoms with Gasteiger partial charge in [-0.2, -0.15) is 5.26 Å². The average molecular weight is 272 g/mol. The predicted molar refractivity (Wildman–Crippen MR) is 82.0 cm³/mol. The van der Waals surface area contributed by atoms with E-state index in [-0.39, 0.29) is 0 Å². The van der Waals surface area contributed by atoms with Crippen LogP contribution in [0.4, 0.5) is 5.69 Å². The summed E-state index contributed by atoms with van der Waals surface area (Å²) in [6.07, 6.45) is 7.54. The fourth-order valence-corrected chi connectivity index (χ4v) is 3.08. The number of nitriles is 1. The number of rotatable bonds is 4. The van der Waals surface area contributed by atoms with Crippen molar-refractivity contribution in [3.8, 4) is 11.8 Å². The molecule has 20 heavy (non-hydrogen) atoms. The van der Waals surface area contributed by atoms with Crippen LogP contribution in [0.5, 0.6) is 5.75 Å². The van der Waals surface area contributed by atoms with Crippen molar-refractivity contribution in [2.24, 2.45) is 5.92 Å². The number of ether oxygens (including phenoxy) is 1. The minimum atomic E-state index is 0.454. The Kier molecular flexibility index (Phi) is 5.29. The molecule has 2 atom stereocenters. The Morgan fingerprint density at radius 1 is 1.30 bits per heavy atom. The Morgan fingerprint density at radius 2 is 2.15 bits per heavy atom. The lowest BCUT2D eigenvalue weighted by Crippen LogP contribution is -2.19. The average Bonchev–Trinajstić information content (AvgIpc) is 2.72. The van der Waals surface area contributed by atoms with Gasteiger partial charge in [0.2, 0.25) is 0 Å². The summed E-state index contributed by atoms with van der Waals surface area (Å²) in [5.41, 5.74) is 1.53. The lowest BCUT2D eigenvalue weighted by Gasteiger charge is -2.20. The molecule has 2 rings (SSSR count). The number of hydrogen-bond donors (Lipinski definition) is 1. The molecule has 0 aliphatic heterocycles. The number of para-hydroxylation sites is 1. The summed E-state index contributed by atoms with van der Waals surface area (Å²) in [6, 6.07) is 8.33. The van der Waals surface area contributed by atoms with Crippen LogP contribution in [-0.4, -0.2) is 13.2 Å². The smallest absolute Gasteiger partial charge is 0.143 e. The molecule has 1 N–H and O–H groups in total. The summed E-state index contributed by atoms with van der Waals surface area (Å²) in [6.45, 7) is 2.28. The summed E-state index contributed by atoms with van der Waals surface area (Å²) in [5, 5.41) is 12.8. The zero-order valence-corrected chi connectivity index (χ0v) is 12.5. The van der Waals surface area contributed by atoms with Gasteiger partial charge in [-0.3, -0.25) is 0 Å². The highest BCUT2D eigenvalue weighted by molar-refractivity contribution is 5.66. The highest BCUT2D eigenvalue weighted by Gasteiger charge is 2.19. The van der Waals surface area contributed by atoms with E-state index in [4.69, 9.17) is 4.74 Å². The van der Waals surface area contributed by atoms with Gasteiger partial charge in [-0.05, 0) is 37.3 Å². The molecule has 0 radical (unpaired) electrons. The molecule has 0 spiro atoms. The minimum absolute atomic E-state index is 0.454. The van der Waals surface area contributed by atoms with Gasteiger partial charge in [-0.25, -0.2) is 0 Å². The van der Waals surface area contributed by atoms with E-state index in [1.165, 1.54) is 38.5 Å². The third-order valence-corrected chi connectivity index (χ3v) is 4.38. The van der Waals surface area contributed by atoms with Gasteiger partial charge in [0.1, 0.15) is 11.8 Å². The molecule has 1 aromatic carbocycles. The number of nitrogens with zero attached hydrogens (tertiary/aromatic N) is 1. The second-order valence-electron chi connectivity index (χ2n) is 5.62. The summed E-state index contributed by atoms with van der Waals surface area (Å²) in [4.78, 5) is 0. The van der Waals surface area contributed by atoms with Crippen LogP contribution in [0, 0.1) is 17.2 Å². The van der Waals surface area contributed by atoms with Gasteiger partial charge in [-0.1, -0.05) is 32.3 Å². The van der Waals surface area contributed by atoms with Gasteiger partial charge in [0.25, 0.3) is 0 Å². The highest BCUT2D eigenvalue weighted by Crippen LogP contribution is 2.32. The molecule has 0 aromatic heterocycles. The lowest BCUT2D eigenvalue weighted by atomic mass is 9.98. The van der Waals surface area contributed by atoms with Crippen molar-refractivity contribution in [1.82, 2.24) is 0 Å². The van der Waals surface area contributed by atoms with Crippen molar-refractivity contribution in [3.05, 3.63) is 23.8 Å². The van der Waals surface area contributed by atoms with Crippen molar-refractivity contribution >= 4 is 5.69 Å². The topological polar surface area (TPSA) is 45.0 Å². The summed E-state index contributed by atoms with van der Waals surface area (Å²) in [7, 11) is 1.65. The van der Waals surface area contributed by atoms with Gasteiger partial charge < -0.3 is 10.1 Å². The maximum Gasteiger partial charge on any atom is 0.143 e. The fourth-order valence-electron chi connectivity index (χ4n) is 3.08. The van der Waals surface area contributed by atoms with Gasteiger partial charge in [0.15, 0.2) is 0 Å². The van der Waals surface area contributed by atoms with E-state index in [1.807, 2.05) is 18.2 Å². The molecule has 1 aliphatic rings. The van der Waals surface area contributed by atoms with E-state index in [2.05, 4.69) is 18.3 Å². The zero-order valence-electron chi connectivity index (χ0n) is 12.5. The van der Waals surface area contributed by atoms with E-state index in [0.717, 1.165) is 17.4 Å². The van der Waals surface area contributed by atoms with Crippen molar-refractivity contribution in [1.29, 1.82) is 5.26 Å². The SMILES string of the molecule is CCC1CCCC(Nc2c(C#N)cccc2OC)CC1. The normalized spacial score (nSPS) is 22.6. The van der Waals surface area contributed by atoms with Crippen molar-refractivity contribution < 1.29 is 4.74 Å². The van der Waals surface area contributed by atoms with Crippen LogP contribution in [0.2, 0.25) is 0 Å². The maximum atomic E-state index is 9.26. The van der Waals surface area contributed by atoms with Crippen molar-refractivity contribution in [2.75, 3.05) is 12.4 Å². The Morgan fingerprint density at radius 3 is 2.85 bits per heavy atom. The van der Waals surface area contributed by atoms with Crippen LogP contribution in [-0.2, 0) is 0 Å². The van der Waals surface area contributed by atoms with Crippen molar-refractivity contribution in [3.63, 3.8) is 0 Å². The summed E-state index contributed by atoms with van der Waals surface area (Å²) in [5.74, 6) is 1.63. The van der Waals surface area contributed by atoms with E-state index >= 15 is 0 Å². The molecule has 0 saturated heterocycles. The van der Waals surface area contributed by atoms with E-state index < -0.39 is 0 Å². The zero-order chi connectivity index (χ0) is 14.4. The van der Waals surface area contributed by atoms with Crippen LogP contribution in [0.25, 0.3) is 0 Å². The standard InChI is InChI=1S/C17H24N2O/c1-3-13-6-4-8-15(11-10-13)19-17-14(12-18)7-5-9-16(17)20-2/h5,7,9,13,15,19H,3-4,6,8,10-11H2,1-2H3. The third kappa shape index (κ3) is 3.45. The second kappa shape index (κ2) is 7.19. The maximum absolute atomic E-state index is 9.26. The quantitative estimate of drug-likeness (QED) is 0.829. The molecule has 0 heterocycles. The van der Waals surface area contributed by atoms with Gasteiger partial charge >= 0.3 is 0 Å². The first-order valence-electron chi connectivity index (χ1n) is 7.62. The van der Waals surface area contributed by atoms with Crippen LogP contribution in [0.15, 0.2) is 18.2 Å². The lowest BCUT2D eigenvalue weighted by molar-refractivity contribution is 0.415. The largest absolute Gasteiger partial charge is 0.495 e. The molecule has 108 valence electrons. The Balaban J connectivity index is 2.11. The monoisotopic (exact) mass is 272 g/mol. The minimum Gasteiger partial charge on any atom is -0.495 e. The molecule has 1 saturated carbocycles. The van der Waals surface area contributed by atoms with Crippen molar-refractivity contribution in [2.45, 2.75) is 51.5 Å². The Bertz CT molecular complexity index is 478. The van der Waals surface area contributed by atoms with Gasteiger partial charge in [0, 0.05) is 6.04 Å². The first-order chi connectivity index (χ1) is 9.78. The molecular weight excluding hydrogens is 248 g/mol. The van der Waals surface area contributed by atoms with E-state index in [1.54, 1.807) is 7.11 Å². The van der Waals surface area contributed by atoms with Gasteiger partial charge in [-0.15, -0.1) is 0 Å². The van der Waals surface area contributed by atoms with Crippen LogP contribution >= 0.6 is 0 Å². The van der Waals surface area contributed by atoms with Crippen LogP contribution < -0.4 is 10.1 Å². The third-order valence-electron chi connectivity index (χ3n) is 4.38. The second-order valence-corrected chi connectivity index (χ2v) is 5.62. The first kappa shape index (κ1) is 14.7. The number of methoxy groups -OCH3 is 1. The fraction of sp³-hybridized carbons (Fsp3) is 0.588. The Hall–Kier alpha value is -1.69. The highest BCUT2D eigenvalue weighted by atomic mass is 16.5. The molecule has 3 nitrogen and oxygen atoms in total. The predicted octanol–water partition coefficient (Wildman–Crippen LogP) is 4.34. The molecule has 3 heteroatoms. The molecule has 0 amide bonds. The number of hydrogen-bond acceptors (Lipinski definition) is 3. The van der Waals surface area contributed by atoms with E-state index in [0.29, 0.717) is 11.6 Å². The summed E-state index contributed by atoms with van der Waals surface area (Å²) >= 11 is 0. The van der Waals surface area contributed by atoms with Crippen LogP contribution in [0.3, 0.4) is 0 Å². The van der Waals surface area contributed by atoms with Crippen LogP contribution in [0.1, 0.15) is 51.0 Å². The molecule has 1 aliphatic carbocycles. The number of anilines is 1. The summed E-state index contributed by atoms with van der Waals surface area (Å²) < 4.78 is 5.39. The first-order valence-corrected chi connectivity index (χ1v) is 7.62. The molecule has 1 fully saturated rings. The molecule has 2 unspecified atom stereocenters. The van der Waals surface area contributed by atoms with E-state index in [9.17, 15) is 5.26 Å².